The molecule has 25 heavy (non-hydrogen) atoms. The summed E-state index contributed by atoms with van der Waals surface area (Å²) in [6, 6.07) is 13.3. The van der Waals surface area contributed by atoms with Crippen LogP contribution in [-0.4, -0.2) is 47.8 Å². The number of hydrogen-bond donors (Lipinski definition) is 2. The van der Waals surface area contributed by atoms with Gasteiger partial charge in [-0.3, -0.25) is 19.3 Å². The molecule has 0 heterocycles. The number of carboxylic acids is 1. The van der Waals surface area contributed by atoms with Crippen molar-refractivity contribution in [3.05, 3.63) is 64.7 Å². The fourth-order valence-corrected chi connectivity index (χ4v) is 2.45. The standard InChI is InChI=1S/C18H17ClN2O4/c1-21(11-17(23)24)10-16(22)20-15-8-7-13(19)9-14(15)18(25)12-5-3-2-4-6-12/h2-9H,10-11H2,1H3,(H,20,22)(H,23,24). The van der Waals surface area contributed by atoms with Gasteiger partial charge in [0.1, 0.15) is 0 Å². The van der Waals surface area contributed by atoms with Gasteiger partial charge in [-0.2, -0.15) is 0 Å². The number of rotatable bonds is 7. The maximum atomic E-state index is 12.7. The first-order valence-electron chi connectivity index (χ1n) is 7.46. The second-order valence-electron chi connectivity index (χ2n) is 5.50. The zero-order valence-corrected chi connectivity index (χ0v) is 14.3. The monoisotopic (exact) mass is 360 g/mol. The van der Waals surface area contributed by atoms with Gasteiger partial charge in [0, 0.05) is 16.1 Å². The van der Waals surface area contributed by atoms with Gasteiger partial charge in [0.2, 0.25) is 5.91 Å². The van der Waals surface area contributed by atoms with Crippen molar-refractivity contribution in [2.75, 3.05) is 25.5 Å². The summed E-state index contributed by atoms with van der Waals surface area (Å²) in [6.07, 6.45) is 0. The molecule has 0 fully saturated rings. The van der Waals surface area contributed by atoms with E-state index < -0.39 is 11.9 Å². The maximum absolute atomic E-state index is 12.7. The molecule has 0 aliphatic heterocycles. The van der Waals surface area contributed by atoms with Crippen molar-refractivity contribution in [1.82, 2.24) is 4.90 Å². The molecule has 0 saturated carbocycles. The Kier molecular flexibility index (Phi) is 6.27. The number of carbonyl (C=O) groups excluding carboxylic acids is 2. The molecule has 1 amide bonds. The number of hydrogen-bond acceptors (Lipinski definition) is 4. The molecule has 2 N–H and O–H groups in total. The second kappa shape index (κ2) is 8.41. The van der Waals surface area contributed by atoms with E-state index in [1.807, 2.05) is 0 Å². The Bertz CT molecular complexity index is 793. The van der Waals surface area contributed by atoms with Crippen LogP contribution in [0.5, 0.6) is 0 Å². The number of halogens is 1. The Morgan fingerprint density at radius 1 is 1.08 bits per heavy atom. The molecule has 0 bridgehead atoms. The highest BCUT2D eigenvalue weighted by Crippen LogP contribution is 2.23. The summed E-state index contributed by atoms with van der Waals surface area (Å²) in [5.41, 5.74) is 1.07. The van der Waals surface area contributed by atoms with Crippen molar-refractivity contribution in [2.24, 2.45) is 0 Å². The van der Waals surface area contributed by atoms with Gasteiger partial charge >= 0.3 is 5.97 Å². The third-order valence-electron chi connectivity index (χ3n) is 3.36. The quantitative estimate of drug-likeness (QED) is 0.741. The number of carboxylic acid groups (broad SMARTS) is 1. The van der Waals surface area contributed by atoms with Crippen molar-refractivity contribution in [1.29, 1.82) is 0 Å². The van der Waals surface area contributed by atoms with Crippen LogP contribution in [0, 0.1) is 0 Å². The fraction of sp³-hybridized carbons (Fsp3) is 0.167. The van der Waals surface area contributed by atoms with E-state index >= 15 is 0 Å². The molecule has 0 spiro atoms. The first kappa shape index (κ1) is 18.6. The molecule has 130 valence electrons. The maximum Gasteiger partial charge on any atom is 0.317 e. The van der Waals surface area contributed by atoms with Gasteiger partial charge < -0.3 is 10.4 Å². The Balaban J connectivity index is 2.20. The van der Waals surface area contributed by atoms with Crippen LogP contribution in [-0.2, 0) is 9.59 Å². The van der Waals surface area contributed by atoms with E-state index in [1.54, 1.807) is 42.5 Å². The van der Waals surface area contributed by atoms with Gasteiger partial charge in [-0.05, 0) is 25.2 Å². The topological polar surface area (TPSA) is 86.7 Å². The van der Waals surface area contributed by atoms with Crippen molar-refractivity contribution < 1.29 is 19.5 Å². The summed E-state index contributed by atoms with van der Waals surface area (Å²) in [6.45, 7) is -0.377. The van der Waals surface area contributed by atoms with Crippen LogP contribution < -0.4 is 5.32 Å². The minimum absolute atomic E-state index is 0.117. The Labute approximate surface area is 150 Å². The Morgan fingerprint density at radius 3 is 2.40 bits per heavy atom. The average molecular weight is 361 g/mol. The highest BCUT2D eigenvalue weighted by atomic mass is 35.5. The third-order valence-corrected chi connectivity index (χ3v) is 3.59. The van der Waals surface area contributed by atoms with Crippen LogP contribution in [0.2, 0.25) is 5.02 Å². The van der Waals surface area contributed by atoms with Crippen molar-refractivity contribution in [3.63, 3.8) is 0 Å². The lowest BCUT2D eigenvalue weighted by atomic mass is 10.0. The van der Waals surface area contributed by atoms with Crippen LogP contribution in [0.25, 0.3) is 0 Å². The Morgan fingerprint density at radius 2 is 1.76 bits per heavy atom. The molecule has 0 saturated heterocycles. The number of aliphatic carboxylic acids is 1. The van der Waals surface area contributed by atoms with Crippen molar-refractivity contribution >= 4 is 34.9 Å². The number of nitrogens with zero attached hydrogens (tertiary/aromatic N) is 1. The van der Waals surface area contributed by atoms with Crippen LogP contribution >= 0.6 is 11.6 Å². The molecule has 6 nitrogen and oxygen atoms in total. The molecule has 0 aliphatic carbocycles. The molecule has 0 unspecified atom stereocenters. The summed E-state index contributed by atoms with van der Waals surface area (Å²) < 4.78 is 0. The first-order chi connectivity index (χ1) is 11.9. The van der Waals surface area contributed by atoms with Gasteiger partial charge in [-0.1, -0.05) is 41.9 Å². The number of carbonyl (C=O) groups is 3. The highest BCUT2D eigenvalue weighted by Gasteiger charge is 2.17. The normalized spacial score (nSPS) is 10.5. The zero-order chi connectivity index (χ0) is 18.4. The van der Waals surface area contributed by atoms with Crippen LogP contribution in [0.3, 0.4) is 0 Å². The highest BCUT2D eigenvalue weighted by molar-refractivity contribution is 6.31. The zero-order valence-electron chi connectivity index (χ0n) is 13.5. The number of nitrogens with one attached hydrogen (secondary N) is 1. The number of benzene rings is 2. The molecule has 2 aromatic rings. The lowest BCUT2D eigenvalue weighted by Gasteiger charge is -2.15. The smallest absolute Gasteiger partial charge is 0.317 e. The van der Waals surface area contributed by atoms with E-state index in [0.717, 1.165) is 0 Å². The number of ketones is 1. The van der Waals surface area contributed by atoms with Crippen LogP contribution in [0.4, 0.5) is 5.69 Å². The molecule has 0 aromatic heterocycles. The van der Waals surface area contributed by atoms with E-state index in [4.69, 9.17) is 16.7 Å². The third kappa shape index (κ3) is 5.41. The summed E-state index contributed by atoms with van der Waals surface area (Å²) in [5, 5.41) is 11.7. The summed E-state index contributed by atoms with van der Waals surface area (Å²) in [5.74, 6) is -1.72. The number of likely N-dealkylation sites (N-methyl/N-ethyl adjacent to an activating group) is 1. The molecule has 0 atom stereocenters. The van der Waals surface area contributed by atoms with Gasteiger partial charge in [0.25, 0.3) is 0 Å². The van der Waals surface area contributed by atoms with E-state index in [2.05, 4.69) is 5.32 Å². The van der Waals surface area contributed by atoms with Gasteiger partial charge in [0.05, 0.1) is 18.8 Å². The van der Waals surface area contributed by atoms with Crippen LogP contribution in [0.15, 0.2) is 48.5 Å². The lowest BCUT2D eigenvalue weighted by Crippen LogP contribution is -2.34. The minimum atomic E-state index is -1.03. The van der Waals surface area contributed by atoms with Gasteiger partial charge in [-0.15, -0.1) is 0 Å². The number of amides is 1. The lowest BCUT2D eigenvalue weighted by molar-refractivity contribution is -0.138. The van der Waals surface area contributed by atoms with Gasteiger partial charge in [-0.25, -0.2) is 0 Å². The van der Waals surface area contributed by atoms with E-state index in [9.17, 15) is 14.4 Å². The van der Waals surface area contributed by atoms with E-state index in [-0.39, 0.29) is 24.4 Å². The molecule has 0 radical (unpaired) electrons. The summed E-state index contributed by atoms with van der Waals surface area (Å²) in [4.78, 5) is 36.8. The minimum Gasteiger partial charge on any atom is -0.480 e. The number of anilines is 1. The predicted molar refractivity (Wildman–Crippen MR) is 95.1 cm³/mol. The summed E-state index contributed by atoms with van der Waals surface area (Å²) >= 11 is 5.99. The molecule has 0 aliphatic rings. The van der Waals surface area contributed by atoms with Crippen LogP contribution in [0.1, 0.15) is 15.9 Å². The average Bonchev–Trinajstić information content (AvgIpc) is 2.55. The molecule has 7 heteroatoms. The molecule has 2 rings (SSSR count). The molecular weight excluding hydrogens is 344 g/mol. The first-order valence-corrected chi connectivity index (χ1v) is 7.84. The SMILES string of the molecule is CN(CC(=O)O)CC(=O)Nc1ccc(Cl)cc1C(=O)c1ccccc1. The predicted octanol–water partition coefficient (Wildman–Crippen LogP) is 2.53. The van der Waals surface area contributed by atoms with Crippen molar-refractivity contribution in [2.45, 2.75) is 0 Å². The summed E-state index contributed by atoms with van der Waals surface area (Å²) in [7, 11) is 1.52. The molecule has 2 aromatic carbocycles. The van der Waals surface area contributed by atoms with E-state index in [0.29, 0.717) is 16.3 Å². The molecular formula is C18H17ClN2O4. The van der Waals surface area contributed by atoms with Gasteiger partial charge in [0.15, 0.2) is 5.78 Å². The second-order valence-corrected chi connectivity index (χ2v) is 5.94. The largest absolute Gasteiger partial charge is 0.480 e. The van der Waals surface area contributed by atoms with Crippen molar-refractivity contribution in [3.8, 4) is 0 Å². The Hall–Kier alpha value is -2.70. The fourth-order valence-electron chi connectivity index (χ4n) is 2.28. The van der Waals surface area contributed by atoms with E-state index in [1.165, 1.54) is 18.0 Å².